The predicted octanol–water partition coefficient (Wildman–Crippen LogP) is 0.200. The fourth-order valence-corrected chi connectivity index (χ4v) is 1.66. The molecule has 2 unspecified atom stereocenters. The van der Waals surface area contributed by atoms with Crippen molar-refractivity contribution in [3.8, 4) is 0 Å². The molecule has 0 spiro atoms. The number of nitrogens with two attached hydrogens (primary N) is 1. The van der Waals surface area contributed by atoms with Gasteiger partial charge < -0.3 is 20.9 Å². The van der Waals surface area contributed by atoms with Crippen LogP contribution < -0.4 is 11.1 Å². The van der Waals surface area contributed by atoms with E-state index in [4.69, 9.17) is 15.6 Å². The van der Waals surface area contributed by atoms with Crippen molar-refractivity contribution >= 4 is 5.91 Å². The van der Waals surface area contributed by atoms with Crippen LogP contribution in [-0.2, 0) is 9.53 Å². The molecule has 0 aliphatic carbocycles. The van der Waals surface area contributed by atoms with Gasteiger partial charge in [0.1, 0.15) is 6.04 Å². The van der Waals surface area contributed by atoms with Crippen LogP contribution in [0.4, 0.5) is 0 Å². The first-order chi connectivity index (χ1) is 8.69. The van der Waals surface area contributed by atoms with Gasteiger partial charge in [-0.15, -0.1) is 0 Å². The summed E-state index contributed by atoms with van der Waals surface area (Å²) >= 11 is 0. The number of ether oxygens (including phenoxy) is 1. The lowest BCUT2D eigenvalue weighted by molar-refractivity contribution is -0.123. The van der Waals surface area contributed by atoms with Crippen molar-refractivity contribution in [2.45, 2.75) is 18.5 Å². The van der Waals surface area contributed by atoms with Crippen molar-refractivity contribution in [3.05, 3.63) is 35.9 Å². The number of aliphatic hydroxyl groups is 1. The second kappa shape index (κ2) is 7.81. The van der Waals surface area contributed by atoms with E-state index in [0.717, 1.165) is 5.56 Å². The fourth-order valence-electron chi connectivity index (χ4n) is 1.66. The molecular weight excluding hydrogens is 232 g/mol. The van der Waals surface area contributed by atoms with Gasteiger partial charge in [0, 0.05) is 13.7 Å². The largest absolute Gasteiger partial charge is 0.396 e. The third-order valence-corrected chi connectivity index (χ3v) is 2.63. The number of methoxy groups -OCH3 is 1. The van der Waals surface area contributed by atoms with E-state index < -0.39 is 6.04 Å². The van der Waals surface area contributed by atoms with Gasteiger partial charge in [0.2, 0.25) is 5.91 Å². The topological polar surface area (TPSA) is 84.6 Å². The highest BCUT2D eigenvalue weighted by Gasteiger charge is 2.19. The highest BCUT2D eigenvalue weighted by Crippen LogP contribution is 2.09. The number of nitrogens with one attached hydrogen (secondary N) is 1. The van der Waals surface area contributed by atoms with Crippen molar-refractivity contribution in [2.24, 2.45) is 5.73 Å². The van der Waals surface area contributed by atoms with Crippen molar-refractivity contribution in [1.29, 1.82) is 0 Å². The molecule has 0 aliphatic rings. The Morgan fingerprint density at radius 1 is 1.44 bits per heavy atom. The van der Waals surface area contributed by atoms with Gasteiger partial charge in [-0.05, 0) is 12.0 Å². The van der Waals surface area contributed by atoms with Gasteiger partial charge in [-0.25, -0.2) is 0 Å². The van der Waals surface area contributed by atoms with Crippen LogP contribution in [0.3, 0.4) is 0 Å². The first kappa shape index (κ1) is 14.6. The zero-order chi connectivity index (χ0) is 13.4. The third kappa shape index (κ3) is 4.44. The number of amides is 1. The maximum atomic E-state index is 11.9. The molecule has 1 aromatic carbocycles. The molecule has 0 heterocycles. The zero-order valence-electron chi connectivity index (χ0n) is 10.5. The first-order valence-corrected chi connectivity index (χ1v) is 5.89. The SMILES string of the molecule is COCC(CCO)NC(=O)C(N)c1ccccc1. The van der Waals surface area contributed by atoms with E-state index in [2.05, 4.69) is 5.32 Å². The number of hydrogen-bond acceptors (Lipinski definition) is 4. The Morgan fingerprint density at radius 3 is 2.67 bits per heavy atom. The van der Waals surface area contributed by atoms with Crippen LogP contribution in [0.1, 0.15) is 18.0 Å². The molecule has 1 aromatic rings. The van der Waals surface area contributed by atoms with E-state index >= 15 is 0 Å². The van der Waals surface area contributed by atoms with Crippen LogP contribution in [0.5, 0.6) is 0 Å². The molecule has 5 nitrogen and oxygen atoms in total. The average molecular weight is 252 g/mol. The summed E-state index contributed by atoms with van der Waals surface area (Å²) in [5.41, 5.74) is 6.62. The van der Waals surface area contributed by atoms with Crippen molar-refractivity contribution < 1.29 is 14.6 Å². The van der Waals surface area contributed by atoms with Crippen molar-refractivity contribution in [2.75, 3.05) is 20.3 Å². The fraction of sp³-hybridized carbons (Fsp3) is 0.462. The molecule has 1 rings (SSSR count). The average Bonchev–Trinajstić information content (AvgIpc) is 2.39. The van der Waals surface area contributed by atoms with E-state index in [1.807, 2.05) is 30.3 Å². The van der Waals surface area contributed by atoms with Gasteiger partial charge in [-0.1, -0.05) is 30.3 Å². The lowest BCUT2D eigenvalue weighted by Gasteiger charge is -2.19. The first-order valence-electron chi connectivity index (χ1n) is 5.89. The number of hydrogen-bond donors (Lipinski definition) is 3. The van der Waals surface area contributed by atoms with Crippen LogP contribution >= 0.6 is 0 Å². The highest BCUT2D eigenvalue weighted by molar-refractivity contribution is 5.83. The van der Waals surface area contributed by atoms with Crippen molar-refractivity contribution in [1.82, 2.24) is 5.32 Å². The standard InChI is InChI=1S/C13H20N2O3/c1-18-9-11(7-8-16)15-13(17)12(14)10-5-3-2-4-6-10/h2-6,11-12,16H,7-9,14H2,1H3,(H,15,17). The molecule has 5 heteroatoms. The molecule has 0 saturated carbocycles. The van der Waals surface area contributed by atoms with Crippen LogP contribution in [0, 0.1) is 0 Å². The minimum absolute atomic E-state index is 0.00508. The molecular formula is C13H20N2O3. The van der Waals surface area contributed by atoms with E-state index in [1.54, 1.807) is 7.11 Å². The molecule has 18 heavy (non-hydrogen) atoms. The summed E-state index contributed by atoms with van der Waals surface area (Å²) in [4.78, 5) is 11.9. The summed E-state index contributed by atoms with van der Waals surface area (Å²) < 4.78 is 4.98. The Hall–Kier alpha value is -1.43. The monoisotopic (exact) mass is 252 g/mol. The van der Waals surface area contributed by atoms with E-state index in [1.165, 1.54) is 0 Å². The summed E-state index contributed by atoms with van der Waals surface area (Å²) in [6.07, 6.45) is 0.446. The van der Waals surface area contributed by atoms with Crippen LogP contribution in [0.15, 0.2) is 30.3 Å². The molecule has 0 aliphatic heterocycles. The van der Waals surface area contributed by atoms with Gasteiger partial charge in [0.05, 0.1) is 12.6 Å². The van der Waals surface area contributed by atoms with Gasteiger partial charge >= 0.3 is 0 Å². The van der Waals surface area contributed by atoms with E-state index in [9.17, 15) is 4.79 Å². The minimum Gasteiger partial charge on any atom is -0.396 e. The normalized spacial score (nSPS) is 13.9. The molecule has 4 N–H and O–H groups in total. The van der Waals surface area contributed by atoms with Crippen LogP contribution in [0.2, 0.25) is 0 Å². The molecule has 0 bridgehead atoms. The number of carbonyl (C=O) groups excluding carboxylic acids is 1. The van der Waals surface area contributed by atoms with Gasteiger partial charge in [0.25, 0.3) is 0 Å². The molecule has 0 fully saturated rings. The molecule has 2 atom stereocenters. The number of benzene rings is 1. The smallest absolute Gasteiger partial charge is 0.241 e. The maximum absolute atomic E-state index is 11.9. The quantitative estimate of drug-likeness (QED) is 0.647. The van der Waals surface area contributed by atoms with Crippen LogP contribution in [0.25, 0.3) is 0 Å². The van der Waals surface area contributed by atoms with E-state index in [0.29, 0.717) is 13.0 Å². The summed E-state index contributed by atoms with van der Waals surface area (Å²) in [5.74, 6) is -0.267. The highest BCUT2D eigenvalue weighted by atomic mass is 16.5. The summed E-state index contributed by atoms with van der Waals surface area (Å²) in [6, 6.07) is 8.23. The minimum atomic E-state index is -0.704. The zero-order valence-corrected chi connectivity index (χ0v) is 10.5. The summed E-state index contributed by atoms with van der Waals surface area (Å²) in [7, 11) is 1.55. The Bertz CT molecular complexity index is 351. The lowest BCUT2D eigenvalue weighted by atomic mass is 10.1. The van der Waals surface area contributed by atoms with Crippen LogP contribution in [-0.4, -0.2) is 37.4 Å². The Morgan fingerprint density at radius 2 is 2.11 bits per heavy atom. The second-order valence-electron chi connectivity index (χ2n) is 4.06. The summed E-state index contributed by atoms with van der Waals surface area (Å²) in [6.45, 7) is 0.350. The molecule has 1 amide bonds. The third-order valence-electron chi connectivity index (χ3n) is 2.63. The number of carbonyl (C=O) groups is 1. The predicted molar refractivity (Wildman–Crippen MR) is 68.9 cm³/mol. The Labute approximate surface area is 107 Å². The van der Waals surface area contributed by atoms with Gasteiger partial charge in [-0.3, -0.25) is 4.79 Å². The maximum Gasteiger partial charge on any atom is 0.241 e. The lowest BCUT2D eigenvalue weighted by Crippen LogP contribution is -2.43. The van der Waals surface area contributed by atoms with Crippen molar-refractivity contribution in [3.63, 3.8) is 0 Å². The molecule has 0 saturated heterocycles. The van der Waals surface area contributed by atoms with E-state index in [-0.39, 0.29) is 18.6 Å². The second-order valence-corrected chi connectivity index (χ2v) is 4.06. The number of aliphatic hydroxyl groups excluding tert-OH is 1. The summed E-state index contributed by atoms with van der Waals surface area (Å²) in [5, 5.41) is 11.7. The number of rotatable bonds is 7. The molecule has 0 radical (unpaired) electrons. The Kier molecular flexibility index (Phi) is 6.35. The van der Waals surface area contributed by atoms with Gasteiger partial charge in [0.15, 0.2) is 0 Å². The van der Waals surface area contributed by atoms with Gasteiger partial charge in [-0.2, -0.15) is 0 Å². The molecule has 100 valence electrons. The Balaban J connectivity index is 2.58. The molecule has 0 aromatic heterocycles.